The van der Waals surface area contributed by atoms with Gasteiger partial charge in [-0.25, -0.2) is 13.2 Å². The second-order valence-corrected chi connectivity index (χ2v) is 10.7. The molecule has 0 bridgehead atoms. The average molecular weight is 567 g/mol. The number of benzene rings is 1. The number of ketones is 1. The van der Waals surface area contributed by atoms with Crippen molar-refractivity contribution in [3.05, 3.63) is 55.2 Å². The summed E-state index contributed by atoms with van der Waals surface area (Å²) in [6.07, 6.45) is -4.88. The molecule has 1 aromatic carbocycles. The summed E-state index contributed by atoms with van der Waals surface area (Å²) in [5.41, 5.74) is 2.21. The Balaban J connectivity index is 1.65. The highest BCUT2D eigenvalue weighted by molar-refractivity contribution is 7.89. The number of piperidine rings is 1. The van der Waals surface area contributed by atoms with Crippen LogP contribution in [0.25, 0.3) is 0 Å². The molecule has 37 heavy (non-hydrogen) atoms. The van der Waals surface area contributed by atoms with Gasteiger partial charge in [0.1, 0.15) is 11.4 Å². The minimum absolute atomic E-state index is 0.0181. The third kappa shape index (κ3) is 5.57. The Morgan fingerprint density at radius 3 is 2.30 bits per heavy atom. The number of Topliss-reactive ketones (excluding diaryl/α,β-unsaturated/α-hetero) is 1. The molecule has 0 aliphatic carbocycles. The van der Waals surface area contributed by atoms with Gasteiger partial charge in [0.25, 0.3) is 5.56 Å². The van der Waals surface area contributed by atoms with Gasteiger partial charge in [-0.3, -0.25) is 23.5 Å². The number of rotatable bonds is 6. The van der Waals surface area contributed by atoms with Gasteiger partial charge < -0.3 is 10.5 Å². The smallest absolute Gasteiger partial charge is 0.417 e. The fraction of sp³-hybridized carbons (Fsp3) is 0.429. The molecule has 0 atom stereocenters. The van der Waals surface area contributed by atoms with Crippen molar-refractivity contribution in [1.82, 2.24) is 13.4 Å². The number of hydrogen-bond donors (Lipinski definition) is 1. The normalized spacial score (nSPS) is 15.5. The van der Waals surface area contributed by atoms with E-state index in [1.165, 1.54) is 7.05 Å². The SMILES string of the molecule is Cn1c(N)c(C(=O)COC(=O)C2CCN(S(=O)(=O)c3ccc(Cl)c(C(F)(F)F)c3)CC2)c(=O)n(C)c1=O. The molecule has 0 amide bonds. The molecule has 2 heterocycles. The zero-order valence-electron chi connectivity index (χ0n) is 19.5. The highest BCUT2D eigenvalue weighted by Gasteiger charge is 2.37. The van der Waals surface area contributed by atoms with E-state index in [1.54, 1.807) is 0 Å². The van der Waals surface area contributed by atoms with Crippen LogP contribution in [-0.4, -0.2) is 53.3 Å². The quantitative estimate of drug-likeness (QED) is 0.404. The Hall–Kier alpha value is -3.17. The summed E-state index contributed by atoms with van der Waals surface area (Å²) >= 11 is 5.56. The first-order valence-corrected chi connectivity index (χ1v) is 12.5. The van der Waals surface area contributed by atoms with Crippen molar-refractivity contribution < 1.29 is 35.9 Å². The summed E-state index contributed by atoms with van der Waals surface area (Å²) < 4.78 is 72.6. The molecule has 1 aromatic heterocycles. The van der Waals surface area contributed by atoms with E-state index in [0.717, 1.165) is 28.1 Å². The summed E-state index contributed by atoms with van der Waals surface area (Å²) in [5.74, 6) is -2.93. The number of hydrogen-bond acceptors (Lipinski definition) is 8. The number of alkyl halides is 3. The van der Waals surface area contributed by atoms with Gasteiger partial charge in [0.2, 0.25) is 15.8 Å². The van der Waals surface area contributed by atoms with E-state index >= 15 is 0 Å². The molecule has 1 saturated heterocycles. The summed E-state index contributed by atoms with van der Waals surface area (Å²) in [6, 6.07) is 2.27. The lowest BCUT2D eigenvalue weighted by Crippen LogP contribution is -2.42. The molecule has 16 heteroatoms. The van der Waals surface area contributed by atoms with Crippen LogP contribution in [0.3, 0.4) is 0 Å². The second-order valence-electron chi connectivity index (χ2n) is 8.31. The topological polar surface area (TPSA) is 151 Å². The standard InChI is InChI=1S/C21H22ClF3N4O7S/c1-27-17(26)16(18(31)28(2)20(27)33)15(30)10-36-19(32)11-5-7-29(8-6-11)37(34,35)12-3-4-14(22)13(9-12)21(23,24)25/h3-4,9,11H,5-8,10,26H2,1-2H3. The van der Waals surface area contributed by atoms with Gasteiger partial charge in [-0.1, -0.05) is 11.6 Å². The average Bonchev–Trinajstić information content (AvgIpc) is 2.84. The van der Waals surface area contributed by atoms with E-state index in [4.69, 9.17) is 22.1 Å². The van der Waals surface area contributed by atoms with Crippen molar-refractivity contribution in [3.63, 3.8) is 0 Å². The first-order valence-electron chi connectivity index (χ1n) is 10.7. The van der Waals surface area contributed by atoms with Crippen LogP contribution in [-0.2, 0) is 39.8 Å². The molecule has 202 valence electrons. The summed E-state index contributed by atoms with van der Waals surface area (Å²) in [4.78, 5) is 48.5. The summed E-state index contributed by atoms with van der Waals surface area (Å²) in [5, 5.41) is -0.639. The molecule has 0 spiro atoms. The third-order valence-corrected chi connectivity index (χ3v) is 8.23. The van der Waals surface area contributed by atoms with Crippen molar-refractivity contribution in [2.24, 2.45) is 20.0 Å². The molecular formula is C21H22ClF3N4O7S. The largest absolute Gasteiger partial charge is 0.457 e. The third-order valence-electron chi connectivity index (χ3n) is 6.00. The van der Waals surface area contributed by atoms with Gasteiger partial charge in [0.15, 0.2) is 6.61 Å². The highest BCUT2D eigenvalue weighted by atomic mass is 35.5. The minimum Gasteiger partial charge on any atom is -0.457 e. The van der Waals surface area contributed by atoms with Crippen LogP contribution in [0.4, 0.5) is 19.0 Å². The van der Waals surface area contributed by atoms with Crippen LogP contribution in [0.15, 0.2) is 32.7 Å². The van der Waals surface area contributed by atoms with Gasteiger partial charge in [-0.05, 0) is 31.0 Å². The molecule has 3 rings (SSSR count). The molecule has 2 N–H and O–H groups in total. The van der Waals surface area contributed by atoms with E-state index in [1.807, 2.05) is 0 Å². The monoisotopic (exact) mass is 566 g/mol. The van der Waals surface area contributed by atoms with Crippen molar-refractivity contribution in [2.75, 3.05) is 25.4 Å². The fourth-order valence-electron chi connectivity index (χ4n) is 3.81. The van der Waals surface area contributed by atoms with Crippen molar-refractivity contribution in [1.29, 1.82) is 0 Å². The zero-order valence-corrected chi connectivity index (χ0v) is 21.1. The Labute approximate surface area is 213 Å². The van der Waals surface area contributed by atoms with Crippen molar-refractivity contribution in [2.45, 2.75) is 23.9 Å². The number of nitrogen functional groups attached to an aromatic ring is 1. The number of anilines is 1. The van der Waals surface area contributed by atoms with Crippen molar-refractivity contribution in [3.8, 4) is 0 Å². The van der Waals surface area contributed by atoms with Gasteiger partial charge in [-0.15, -0.1) is 0 Å². The Kier molecular flexibility index (Phi) is 7.91. The van der Waals surface area contributed by atoms with Crippen LogP contribution in [0.2, 0.25) is 5.02 Å². The number of nitrogens with two attached hydrogens (primary N) is 1. The van der Waals surface area contributed by atoms with Crippen LogP contribution in [0.1, 0.15) is 28.8 Å². The first-order chi connectivity index (χ1) is 17.1. The number of aromatic nitrogens is 2. The van der Waals surface area contributed by atoms with E-state index in [2.05, 4.69) is 0 Å². The number of esters is 1. The van der Waals surface area contributed by atoms with E-state index < -0.39 is 72.8 Å². The number of carbonyl (C=O) groups excluding carboxylic acids is 2. The lowest BCUT2D eigenvalue weighted by molar-refractivity contribution is -0.148. The zero-order chi connectivity index (χ0) is 27.9. The molecule has 11 nitrogen and oxygen atoms in total. The van der Waals surface area contributed by atoms with Crippen LogP contribution < -0.4 is 17.0 Å². The molecular weight excluding hydrogens is 545 g/mol. The van der Waals surface area contributed by atoms with E-state index in [9.17, 15) is 40.8 Å². The number of carbonyl (C=O) groups is 2. The molecule has 0 unspecified atom stereocenters. The lowest BCUT2D eigenvalue weighted by atomic mass is 9.98. The van der Waals surface area contributed by atoms with Crippen LogP contribution in [0.5, 0.6) is 0 Å². The highest BCUT2D eigenvalue weighted by Crippen LogP contribution is 2.36. The molecule has 2 aromatic rings. The number of halogens is 4. The molecule has 1 aliphatic rings. The number of ether oxygens (including phenoxy) is 1. The van der Waals surface area contributed by atoms with E-state index in [0.29, 0.717) is 10.6 Å². The molecule has 0 radical (unpaired) electrons. The molecule has 1 fully saturated rings. The summed E-state index contributed by atoms with van der Waals surface area (Å²) in [6.45, 7) is -1.21. The minimum atomic E-state index is -4.85. The maximum atomic E-state index is 13.1. The van der Waals surface area contributed by atoms with Crippen molar-refractivity contribution >= 4 is 39.2 Å². The van der Waals surface area contributed by atoms with E-state index in [-0.39, 0.29) is 31.7 Å². The Bertz CT molecular complexity index is 1480. The lowest BCUT2D eigenvalue weighted by Gasteiger charge is -2.30. The second kappa shape index (κ2) is 10.3. The number of sulfonamides is 1. The first kappa shape index (κ1) is 28.4. The van der Waals surface area contributed by atoms with Gasteiger partial charge >= 0.3 is 17.8 Å². The Morgan fingerprint density at radius 2 is 1.73 bits per heavy atom. The molecule has 1 aliphatic heterocycles. The fourth-order valence-corrected chi connectivity index (χ4v) is 5.53. The predicted octanol–water partition coefficient (Wildman–Crippen LogP) is 1.17. The number of nitrogens with zero attached hydrogens (tertiary/aromatic N) is 3. The van der Waals surface area contributed by atoms with Crippen LogP contribution >= 0.6 is 11.6 Å². The Morgan fingerprint density at radius 1 is 1.14 bits per heavy atom. The van der Waals surface area contributed by atoms with Crippen LogP contribution in [0, 0.1) is 5.92 Å². The molecule has 0 saturated carbocycles. The maximum absolute atomic E-state index is 13.1. The van der Waals surface area contributed by atoms with Gasteiger partial charge in [-0.2, -0.15) is 17.5 Å². The maximum Gasteiger partial charge on any atom is 0.417 e. The van der Waals surface area contributed by atoms with Gasteiger partial charge in [0.05, 0.1) is 21.4 Å². The summed E-state index contributed by atoms with van der Waals surface area (Å²) in [7, 11) is -1.89. The predicted molar refractivity (Wildman–Crippen MR) is 125 cm³/mol. The van der Waals surface area contributed by atoms with Gasteiger partial charge in [0, 0.05) is 27.2 Å².